The molecule has 3 aliphatic carbocycles. The molecule has 9 aromatic carbocycles. The van der Waals surface area contributed by atoms with Crippen molar-refractivity contribution in [3.8, 4) is 33.4 Å². The van der Waals surface area contributed by atoms with Crippen molar-refractivity contribution in [1.82, 2.24) is 0 Å². The van der Waals surface area contributed by atoms with Crippen LogP contribution in [-0.2, 0) is 10.8 Å². The van der Waals surface area contributed by atoms with Crippen LogP contribution in [0.4, 0.5) is 0 Å². The highest BCUT2D eigenvalue weighted by Gasteiger charge is 2.51. The lowest BCUT2D eigenvalue weighted by Gasteiger charge is -2.33. The fraction of sp³-hybridized carbons (Fsp3) is 0.250. The summed E-state index contributed by atoms with van der Waals surface area (Å²) in [5, 5.41) is 0. The van der Waals surface area contributed by atoms with Crippen molar-refractivity contribution in [2.75, 3.05) is 0 Å². The molecule has 9 aromatic rings. The fourth-order valence-electron chi connectivity index (χ4n) is 9.98. The number of hydrogen-bond acceptors (Lipinski definition) is 0. The van der Waals surface area contributed by atoms with Crippen LogP contribution in [0.5, 0.6) is 0 Å². The molecule has 0 amide bonds. The molecule has 0 aliphatic heterocycles. The van der Waals surface area contributed by atoms with E-state index in [1.807, 2.05) is 18.2 Å². The Hall–Kier alpha value is -7.02. The predicted molar refractivity (Wildman–Crippen MR) is 313 cm³/mol. The lowest BCUT2D eigenvalue weighted by Crippen LogP contribution is -2.28. The van der Waals surface area contributed by atoms with Crippen molar-refractivity contribution in [3.05, 3.63) is 287 Å². The number of fused-ring (bicyclic) bond motifs is 13. The van der Waals surface area contributed by atoms with E-state index in [-0.39, 0.29) is 10.8 Å². The molecule has 0 radical (unpaired) electrons. The van der Waals surface area contributed by atoms with Gasteiger partial charge in [-0.3, -0.25) is 0 Å². The van der Waals surface area contributed by atoms with E-state index >= 15 is 0 Å². The number of benzene rings is 9. The van der Waals surface area contributed by atoms with Gasteiger partial charge in [0.25, 0.3) is 0 Å². The molecule has 0 aromatic heterocycles. The van der Waals surface area contributed by atoms with Gasteiger partial charge in [0.2, 0.25) is 0 Å². The first kappa shape index (κ1) is 52.8. The summed E-state index contributed by atoms with van der Waals surface area (Å²) in [6.45, 7) is 28.3. The van der Waals surface area contributed by atoms with Crippen LogP contribution >= 0.6 is 0 Å². The molecular formula is C72H78. The SMILES string of the molecule is CC(C)(C)C.CC(C)(C)C.CC(C)(C)C.Cc1ccccc1.c1ccc(C2(c3ccccc3)c3ccccc3-c3ccccc32)cc1.c1ccc2c(c1)-c1ccccc1C21c2ccccc2-c2ccccc21. The molecule has 0 heteroatoms. The van der Waals surface area contributed by atoms with Gasteiger partial charge in [-0.15, -0.1) is 0 Å². The molecule has 0 saturated heterocycles. The van der Waals surface area contributed by atoms with Crippen LogP contribution in [0, 0.1) is 23.2 Å². The first-order valence-corrected chi connectivity index (χ1v) is 25.9. The van der Waals surface area contributed by atoms with E-state index in [4.69, 9.17) is 0 Å². The molecule has 0 heterocycles. The third-order valence-electron chi connectivity index (χ3n) is 12.2. The van der Waals surface area contributed by atoms with Crippen LogP contribution in [-0.4, -0.2) is 0 Å². The summed E-state index contributed by atoms with van der Waals surface area (Å²) in [4.78, 5) is 0. The van der Waals surface area contributed by atoms with Crippen LogP contribution in [0.1, 0.15) is 133 Å². The third-order valence-corrected chi connectivity index (χ3v) is 12.2. The zero-order valence-corrected chi connectivity index (χ0v) is 45.5. The zero-order valence-electron chi connectivity index (χ0n) is 45.5. The molecule has 0 bridgehead atoms. The predicted octanol–water partition coefficient (Wildman–Crippen LogP) is 20.2. The summed E-state index contributed by atoms with van der Waals surface area (Å²) in [5.41, 5.74) is 21.5. The van der Waals surface area contributed by atoms with Gasteiger partial charge in [0.15, 0.2) is 0 Å². The lowest BCUT2D eigenvalue weighted by molar-refractivity contribution is 0.469. The highest BCUT2D eigenvalue weighted by Crippen LogP contribution is 2.62. The maximum Gasteiger partial charge on any atom is 0.0725 e. The second kappa shape index (κ2) is 22.2. The summed E-state index contributed by atoms with van der Waals surface area (Å²) >= 11 is 0. The average molecular weight is 943 g/mol. The molecular weight excluding hydrogens is 865 g/mol. The van der Waals surface area contributed by atoms with E-state index in [1.54, 1.807) is 0 Å². The second-order valence-electron chi connectivity index (χ2n) is 24.2. The minimum absolute atomic E-state index is 0.180. The quantitative estimate of drug-likeness (QED) is 0.162. The standard InChI is InChI=1S/C25H16.C25H18.C7H8.3C5H12/c1-5-13-21-17(9-1)18-10-2-6-14-22(18)25(21)23-15-7-3-11-19(23)20-12-4-8-16-24(20)25;1-3-11-19(12-4-1)25(20-13-5-2-6-14-20)23-17-9-7-15-21(23)22-16-8-10-18-24(22)25;1-7-5-3-2-4-6-7;3*1-5(2,3)4/h1-16H;1-18H;2-6H,1H3;3*1-4H3. The van der Waals surface area contributed by atoms with Crippen LogP contribution in [0.25, 0.3) is 33.4 Å². The molecule has 0 fully saturated rings. The number of hydrogen-bond donors (Lipinski definition) is 0. The Balaban J connectivity index is 0.000000150. The first-order chi connectivity index (χ1) is 34.2. The van der Waals surface area contributed by atoms with Gasteiger partial charge in [-0.05, 0) is 101 Å². The second-order valence-corrected chi connectivity index (χ2v) is 24.2. The minimum atomic E-state index is -0.254. The average Bonchev–Trinajstić information content (AvgIpc) is 3.94. The van der Waals surface area contributed by atoms with Crippen LogP contribution in [0.15, 0.2) is 237 Å². The molecule has 3 aliphatic rings. The largest absolute Gasteiger partial charge is 0.0725 e. The first-order valence-electron chi connectivity index (χ1n) is 25.9. The maximum absolute atomic E-state index is 2.31. The Morgan fingerprint density at radius 3 is 0.569 bits per heavy atom. The normalized spacial score (nSPS) is 13.3. The van der Waals surface area contributed by atoms with E-state index < -0.39 is 0 Å². The summed E-state index contributed by atoms with van der Waals surface area (Å²) in [6, 6.07) is 85.4. The summed E-state index contributed by atoms with van der Waals surface area (Å²) in [5.74, 6) is 0. The Morgan fingerprint density at radius 2 is 0.375 bits per heavy atom. The molecule has 72 heavy (non-hydrogen) atoms. The lowest BCUT2D eigenvalue weighted by atomic mass is 9.68. The van der Waals surface area contributed by atoms with E-state index in [0.717, 1.165) is 0 Å². The zero-order chi connectivity index (χ0) is 51.7. The van der Waals surface area contributed by atoms with Crippen molar-refractivity contribution in [3.63, 3.8) is 0 Å². The monoisotopic (exact) mass is 943 g/mol. The Labute approximate surface area is 434 Å². The van der Waals surface area contributed by atoms with E-state index in [2.05, 4.69) is 308 Å². The molecule has 12 rings (SSSR count). The Morgan fingerprint density at radius 1 is 0.208 bits per heavy atom. The van der Waals surface area contributed by atoms with Gasteiger partial charge in [0.1, 0.15) is 0 Å². The summed E-state index contributed by atoms with van der Waals surface area (Å²) in [6.07, 6.45) is 0. The van der Waals surface area contributed by atoms with Gasteiger partial charge >= 0.3 is 0 Å². The van der Waals surface area contributed by atoms with E-state index in [0.29, 0.717) is 16.2 Å². The summed E-state index contributed by atoms with van der Waals surface area (Å²) < 4.78 is 0. The third kappa shape index (κ3) is 11.8. The minimum Gasteiger partial charge on any atom is -0.0622 e. The highest BCUT2D eigenvalue weighted by molar-refractivity contribution is 5.95. The number of aryl methyl sites for hydroxylation is 1. The van der Waals surface area contributed by atoms with Gasteiger partial charge < -0.3 is 0 Å². The van der Waals surface area contributed by atoms with Crippen LogP contribution in [0.3, 0.4) is 0 Å². The maximum atomic E-state index is 2.31. The van der Waals surface area contributed by atoms with Crippen molar-refractivity contribution in [2.24, 2.45) is 16.2 Å². The van der Waals surface area contributed by atoms with Crippen molar-refractivity contribution < 1.29 is 0 Å². The van der Waals surface area contributed by atoms with E-state index in [9.17, 15) is 0 Å². The highest BCUT2D eigenvalue weighted by atomic mass is 14.5. The van der Waals surface area contributed by atoms with Gasteiger partial charge in [0, 0.05) is 0 Å². The van der Waals surface area contributed by atoms with Crippen LogP contribution in [0.2, 0.25) is 0 Å². The van der Waals surface area contributed by atoms with Crippen LogP contribution < -0.4 is 0 Å². The van der Waals surface area contributed by atoms with Crippen molar-refractivity contribution in [1.29, 1.82) is 0 Å². The molecule has 0 atom stereocenters. The van der Waals surface area contributed by atoms with E-state index in [1.165, 1.54) is 83.5 Å². The number of rotatable bonds is 2. The fourth-order valence-corrected chi connectivity index (χ4v) is 9.98. The van der Waals surface area contributed by atoms with Gasteiger partial charge in [-0.1, -0.05) is 325 Å². The van der Waals surface area contributed by atoms with Crippen molar-refractivity contribution in [2.45, 2.75) is 101 Å². The Kier molecular flexibility index (Phi) is 16.3. The topological polar surface area (TPSA) is 0 Å². The Bertz CT molecular complexity index is 2700. The molecule has 0 saturated carbocycles. The van der Waals surface area contributed by atoms with Gasteiger partial charge in [-0.2, -0.15) is 0 Å². The molecule has 0 unspecified atom stereocenters. The summed E-state index contributed by atoms with van der Waals surface area (Å²) in [7, 11) is 0. The smallest absolute Gasteiger partial charge is 0.0622 e. The van der Waals surface area contributed by atoms with Gasteiger partial charge in [0.05, 0.1) is 10.8 Å². The molecule has 366 valence electrons. The molecule has 1 spiro atoms. The molecule has 0 N–H and O–H groups in total. The molecule has 0 nitrogen and oxygen atoms in total. The van der Waals surface area contributed by atoms with Crippen molar-refractivity contribution >= 4 is 0 Å². The van der Waals surface area contributed by atoms with Gasteiger partial charge in [-0.25, -0.2) is 0 Å².